The number of guanidine groups is 1. The van der Waals surface area contributed by atoms with Gasteiger partial charge in [0.25, 0.3) is 0 Å². The molecule has 5 nitrogen and oxygen atoms in total. The van der Waals surface area contributed by atoms with Crippen LogP contribution in [0.25, 0.3) is 0 Å². The quantitative estimate of drug-likeness (QED) is 0.651. The number of rotatable bonds is 4. The van der Waals surface area contributed by atoms with Crippen molar-refractivity contribution in [3.05, 3.63) is 35.4 Å². The lowest BCUT2D eigenvalue weighted by atomic mass is 10.1. The summed E-state index contributed by atoms with van der Waals surface area (Å²) < 4.78 is 22.9. The first kappa shape index (κ1) is 19.1. The molecule has 0 amide bonds. The average Bonchev–Trinajstić information content (AvgIpc) is 2.47. The molecule has 0 spiro atoms. The molecule has 1 saturated heterocycles. The number of benzene rings is 1. The molecule has 0 aromatic heterocycles. The molecule has 0 unspecified atom stereocenters. The fourth-order valence-corrected chi connectivity index (χ4v) is 4.68. The van der Waals surface area contributed by atoms with Gasteiger partial charge in [-0.15, -0.1) is 0 Å². The van der Waals surface area contributed by atoms with Crippen LogP contribution < -0.4 is 5.32 Å². The van der Waals surface area contributed by atoms with Gasteiger partial charge in [-0.2, -0.15) is 11.8 Å². The third-order valence-electron chi connectivity index (χ3n) is 3.84. The summed E-state index contributed by atoms with van der Waals surface area (Å²) >= 11 is 2.00. The molecule has 0 atom stereocenters. The number of nitrogens with one attached hydrogen (secondary N) is 1. The molecule has 2 rings (SSSR count). The van der Waals surface area contributed by atoms with Crippen LogP contribution in [0.5, 0.6) is 0 Å². The van der Waals surface area contributed by atoms with E-state index in [1.807, 2.05) is 43.1 Å². The van der Waals surface area contributed by atoms with E-state index in [2.05, 4.69) is 29.1 Å². The molecule has 134 valence electrons. The first-order valence-corrected chi connectivity index (χ1v) is 11.1. The maximum Gasteiger partial charge on any atom is 0.193 e. The highest BCUT2D eigenvalue weighted by molar-refractivity contribution is 8.00. The molecular formula is C17H27N3O2S2. The maximum atomic E-state index is 11.3. The van der Waals surface area contributed by atoms with Crippen molar-refractivity contribution < 1.29 is 8.42 Å². The average molecular weight is 370 g/mol. The zero-order valence-electron chi connectivity index (χ0n) is 14.9. The van der Waals surface area contributed by atoms with E-state index in [0.29, 0.717) is 6.54 Å². The summed E-state index contributed by atoms with van der Waals surface area (Å²) in [4.78, 5) is 6.70. The first-order chi connectivity index (χ1) is 11.2. The van der Waals surface area contributed by atoms with Crippen molar-refractivity contribution >= 4 is 27.6 Å². The van der Waals surface area contributed by atoms with Crippen LogP contribution in [-0.2, 0) is 22.1 Å². The highest BCUT2D eigenvalue weighted by Gasteiger charge is 2.28. The largest absolute Gasteiger partial charge is 0.352 e. The second-order valence-corrected chi connectivity index (χ2v) is 10.8. The molecule has 1 aromatic rings. The lowest BCUT2D eigenvalue weighted by Gasteiger charge is -2.39. The van der Waals surface area contributed by atoms with Crippen LogP contribution in [0.2, 0.25) is 0 Å². The molecule has 0 radical (unpaired) electrons. The molecule has 1 aliphatic heterocycles. The highest BCUT2D eigenvalue weighted by Crippen LogP contribution is 2.29. The number of sulfone groups is 1. The van der Waals surface area contributed by atoms with Gasteiger partial charge in [-0.3, -0.25) is 4.99 Å². The van der Waals surface area contributed by atoms with Gasteiger partial charge in [-0.1, -0.05) is 24.3 Å². The topological polar surface area (TPSA) is 61.8 Å². The fourth-order valence-electron chi connectivity index (χ4n) is 2.77. The Bertz CT molecular complexity index is 682. The van der Waals surface area contributed by atoms with Crippen molar-refractivity contribution in [3.8, 4) is 0 Å². The Kier molecular flexibility index (Phi) is 6.20. The van der Waals surface area contributed by atoms with E-state index < -0.39 is 9.84 Å². The molecule has 24 heavy (non-hydrogen) atoms. The summed E-state index contributed by atoms with van der Waals surface area (Å²) in [6.07, 6.45) is 1.25. The minimum absolute atomic E-state index is 0.0862. The van der Waals surface area contributed by atoms with Crippen molar-refractivity contribution in [1.29, 1.82) is 0 Å². The molecular weight excluding hydrogens is 342 g/mol. The second kappa shape index (κ2) is 7.78. The summed E-state index contributed by atoms with van der Waals surface area (Å²) in [5.41, 5.74) is 1.93. The van der Waals surface area contributed by atoms with Gasteiger partial charge in [-0.25, -0.2) is 8.42 Å². The zero-order valence-corrected chi connectivity index (χ0v) is 16.5. The van der Waals surface area contributed by atoms with Crippen LogP contribution in [0.15, 0.2) is 29.3 Å². The molecule has 1 aromatic carbocycles. The number of thioether (sulfide) groups is 1. The summed E-state index contributed by atoms with van der Waals surface area (Å²) in [6.45, 7) is 7.18. The maximum absolute atomic E-state index is 11.3. The van der Waals surface area contributed by atoms with Crippen molar-refractivity contribution in [2.24, 2.45) is 4.99 Å². The van der Waals surface area contributed by atoms with Gasteiger partial charge >= 0.3 is 0 Å². The molecule has 0 bridgehead atoms. The van der Waals surface area contributed by atoms with Crippen LogP contribution in [0.3, 0.4) is 0 Å². The fraction of sp³-hybridized carbons (Fsp3) is 0.588. The van der Waals surface area contributed by atoms with E-state index >= 15 is 0 Å². The Hall–Kier alpha value is -1.21. The summed E-state index contributed by atoms with van der Waals surface area (Å²) in [5.74, 6) is 2.11. The van der Waals surface area contributed by atoms with Crippen molar-refractivity contribution in [2.75, 3.05) is 32.1 Å². The molecule has 7 heteroatoms. The van der Waals surface area contributed by atoms with Crippen molar-refractivity contribution in [1.82, 2.24) is 10.2 Å². The van der Waals surface area contributed by atoms with E-state index in [1.54, 1.807) is 0 Å². The van der Waals surface area contributed by atoms with Gasteiger partial charge in [0.2, 0.25) is 0 Å². The molecule has 0 saturated carbocycles. The van der Waals surface area contributed by atoms with Crippen molar-refractivity contribution in [3.63, 3.8) is 0 Å². The summed E-state index contributed by atoms with van der Waals surface area (Å²) in [7, 11) is -1.18. The van der Waals surface area contributed by atoms with Crippen LogP contribution in [-0.4, -0.2) is 56.2 Å². The Morgan fingerprint density at radius 2 is 1.92 bits per heavy atom. The predicted molar refractivity (Wildman–Crippen MR) is 103 cm³/mol. The van der Waals surface area contributed by atoms with Gasteiger partial charge in [0.1, 0.15) is 0 Å². The van der Waals surface area contributed by atoms with E-state index in [4.69, 9.17) is 0 Å². The third-order valence-corrected chi connectivity index (χ3v) is 5.99. The van der Waals surface area contributed by atoms with Crippen molar-refractivity contribution in [2.45, 2.75) is 30.9 Å². The SMILES string of the molecule is CN=C(NCc1ccc(CS(C)(=O)=O)cc1)N1CCSC(C)(C)C1. The monoisotopic (exact) mass is 369 g/mol. The summed E-state index contributed by atoms with van der Waals surface area (Å²) in [5, 5.41) is 3.41. The predicted octanol–water partition coefficient (Wildman–Crippen LogP) is 2.13. The van der Waals surface area contributed by atoms with Gasteiger partial charge in [0, 0.05) is 43.4 Å². The van der Waals surface area contributed by atoms with Crippen LogP contribution >= 0.6 is 11.8 Å². The van der Waals surface area contributed by atoms with E-state index in [1.165, 1.54) is 6.26 Å². The standard InChI is InChI=1S/C17H27N3O2S2/c1-17(2)13-20(9-10-23-17)16(18-3)19-11-14-5-7-15(8-6-14)12-24(4,21)22/h5-8H,9-13H2,1-4H3,(H,18,19). The molecule has 0 aliphatic carbocycles. The van der Waals surface area contributed by atoms with Gasteiger partial charge in [-0.05, 0) is 25.0 Å². The van der Waals surface area contributed by atoms with Crippen LogP contribution in [0.4, 0.5) is 0 Å². The molecule has 1 aliphatic rings. The third kappa shape index (κ3) is 6.02. The van der Waals surface area contributed by atoms with E-state index in [9.17, 15) is 8.42 Å². The first-order valence-electron chi connectivity index (χ1n) is 8.04. The Labute approximate surface area is 149 Å². The molecule has 1 heterocycles. The van der Waals surface area contributed by atoms with Crippen LogP contribution in [0, 0.1) is 0 Å². The number of hydrogen-bond donors (Lipinski definition) is 1. The minimum Gasteiger partial charge on any atom is -0.352 e. The molecule has 1 fully saturated rings. The highest BCUT2D eigenvalue weighted by atomic mass is 32.2. The smallest absolute Gasteiger partial charge is 0.193 e. The van der Waals surface area contributed by atoms with Gasteiger partial charge in [0.05, 0.1) is 5.75 Å². The minimum atomic E-state index is -2.99. The number of hydrogen-bond acceptors (Lipinski definition) is 4. The lowest BCUT2D eigenvalue weighted by Crippen LogP contribution is -2.50. The lowest BCUT2D eigenvalue weighted by molar-refractivity contribution is 0.376. The van der Waals surface area contributed by atoms with E-state index in [-0.39, 0.29) is 10.5 Å². The number of aliphatic imine (C=N–C) groups is 1. The molecule has 1 N–H and O–H groups in total. The van der Waals surface area contributed by atoms with E-state index in [0.717, 1.165) is 35.9 Å². The second-order valence-electron chi connectivity index (χ2n) is 6.82. The van der Waals surface area contributed by atoms with Gasteiger partial charge < -0.3 is 10.2 Å². The Morgan fingerprint density at radius 3 is 2.46 bits per heavy atom. The Balaban J connectivity index is 1.94. The normalized spacial score (nSPS) is 18.5. The number of nitrogens with zero attached hydrogens (tertiary/aromatic N) is 2. The van der Waals surface area contributed by atoms with Crippen LogP contribution in [0.1, 0.15) is 25.0 Å². The zero-order chi connectivity index (χ0) is 17.8. The van der Waals surface area contributed by atoms with Gasteiger partial charge in [0.15, 0.2) is 15.8 Å². The Morgan fingerprint density at radius 1 is 1.29 bits per heavy atom. The summed E-state index contributed by atoms with van der Waals surface area (Å²) in [6, 6.07) is 7.69.